The molecule has 0 amide bonds. The molecule has 120 valence electrons. The van der Waals surface area contributed by atoms with Gasteiger partial charge >= 0.3 is 5.97 Å². The summed E-state index contributed by atoms with van der Waals surface area (Å²) in [6, 6.07) is 0. The Morgan fingerprint density at radius 1 is 1.38 bits per heavy atom. The van der Waals surface area contributed by atoms with Gasteiger partial charge in [-0.15, -0.1) is 0 Å². The molecule has 9 heteroatoms. The molecular weight excluding hydrogens is 298 g/mol. The van der Waals surface area contributed by atoms with Crippen LogP contribution in [0.1, 0.15) is 42.4 Å². The maximum Gasteiger partial charge on any atom is 0.357 e. The van der Waals surface area contributed by atoms with Crippen molar-refractivity contribution in [2.75, 3.05) is 19.8 Å². The number of H-pyrrole nitrogens is 1. The summed E-state index contributed by atoms with van der Waals surface area (Å²) in [4.78, 5) is 10.6. The molecule has 0 radical (unpaired) electrons. The maximum absolute atomic E-state index is 12.1. The number of aromatic carboxylic acids is 1. The van der Waals surface area contributed by atoms with Crippen molar-refractivity contribution < 1.29 is 23.1 Å². The maximum atomic E-state index is 12.1. The number of hydrogen-bond donors (Lipinski definition) is 3. The first-order valence-corrected chi connectivity index (χ1v) is 8.24. The Labute approximate surface area is 123 Å². The standard InChI is InChI=1S/C12H21N3O5S/c1-3-4-7-20-8-5-6-13-21(18,19)11-9(2)14-15-10(11)12(16)17/h13H,3-8H2,1-2H3,(H,14,15)(H,16,17). The lowest BCUT2D eigenvalue weighted by molar-refractivity contribution is 0.0686. The largest absolute Gasteiger partial charge is 0.476 e. The van der Waals surface area contributed by atoms with Crippen LogP contribution in [0.25, 0.3) is 0 Å². The number of carbonyl (C=O) groups is 1. The first-order valence-electron chi connectivity index (χ1n) is 6.75. The van der Waals surface area contributed by atoms with Gasteiger partial charge in [0.15, 0.2) is 5.69 Å². The van der Waals surface area contributed by atoms with Crippen LogP contribution in [0, 0.1) is 6.92 Å². The molecule has 1 aromatic heterocycles. The molecule has 0 aliphatic rings. The number of aromatic nitrogens is 2. The minimum absolute atomic E-state index is 0.179. The van der Waals surface area contributed by atoms with E-state index in [1.165, 1.54) is 6.92 Å². The number of rotatable bonds is 10. The summed E-state index contributed by atoms with van der Waals surface area (Å²) in [5, 5.41) is 14.8. The fourth-order valence-electron chi connectivity index (χ4n) is 1.69. The zero-order valence-electron chi connectivity index (χ0n) is 12.2. The minimum Gasteiger partial charge on any atom is -0.476 e. The Morgan fingerprint density at radius 3 is 2.67 bits per heavy atom. The number of nitrogens with zero attached hydrogens (tertiary/aromatic N) is 1. The second kappa shape index (κ2) is 8.11. The molecule has 0 fully saturated rings. The van der Waals surface area contributed by atoms with Crippen LogP contribution in [0.4, 0.5) is 0 Å². The van der Waals surface area contributed by atoms with Crippen molar-refractivity contribution in [2.24, 2.45) is 0 Å². The molecule has 1 heterocycles. The summed E-state index contributed by atoms with van der Waals surface area (Å²) < 4.78 is 31.9. The topological polar surface area (TPSA) is 121 Å². The number of nitrogens with one attached hydrogen (secondary N) is 2. The van der Waals surface area contributed by atoms with Gasteiger partial charge in [0.05, 0.1) is 5.69 Å². The van der Waals surface area contributed by atoms with Gasteiger partial charge < -0.3 is 9.84 Å². The minimum atomic E-state index is -3.90. The van der Waals surface area contributed by atoms with Crippen LogP contribution >= 0.6 is 0 Å². The van der Waals surface area contributed by atoms with Gasteiger partial charge in [0.2, 0.25) is 10.0 Å². The molecule has 1 aromatic rings. The molecule has 0 unspecified atom stereocenters. The van der Waals surface area contributed by atoms with Crippen molar-refractivity contribution in [2.45, 2.75) is 38.0 Å². The fraction of sp³-hybridized carbons (Fsp3) is 0.667. The first-order chi connectivity index (χ1) is 9.90. The number of ether oxygens (including phenoxy) is 1. The zero-order valence-corrected chi connectivity index (χ0v) is 13.0. The third kappa shape index (κ3) is 5.10. The Balaban J connectivity index is 2.55. The number of sulfonamides is 1. The van der Waals surface area contributed by atoms with E-state index in [1.54, 1.807) is 0 Å². The van der Waals surface area contributed by atoms with E-state index in [0.717, 1.165) is 12.8 Å². The van der Waals surface area contributed by atoms with Crippen molar-refractivity contribution in [3.63, 3.8) is 0 Å². The highest BCUT2D eigenvalue weighted by molar-refractivity contribution is 7.89. The summed E-state index contributed by atoms with van der Waals surface area (Å²) in [5.74, 6) is -1.39. The summed E-state index contributed by atoms with van der Waals surface area (Å²) >= 11 is 0. The first kappa shape index (κ1) is 17.6. The van der Waals surface area contributed by atoms with Gasteiger partial charge in [-0.05, 0) is 19.8 Å². The molecule has 0 bridgehead atoms. The van der Waals surface area contributed by atoms with Gasteiger partial charge in [0.1, 0.15) is 4.90 Å². The summed E-state index contributed by atoms with van der Waals surface area (Å²) in [7, 11) is -3.90. The average molecular weight is 319 g/mol. The van der Waals surface area contributed by atoms with Crippen molar-refractivity contribution in [1.82, 2.24) is 14.9 Å². The second-order valence-electron chi connectivity index (χ2n) is 4.55. The average Bonchev–Trinajstić information content (AvgIpc) is 2.80. The van der Waals surface area contributed by atoms with Crippen LogP contribution in [-0.4, -0.2) is 49.4 Å². The van der Waals surface area contributed by atoms with Crippen LogP contribution in [0.15, 0.2) is 4.90 Å². The quantitative estimate of drug-likeness (QED) is 0.551. The normalized spacial score (nSPS) is 11.7. The Morgan fingerprint density at radius 2 is 2.05 bits per heavy atom. The lowest BCUT2D eigenvalue weighted by Gasteiger charge is -2.07. The van der Waals surface area contributed by atoms with Gasteiger partial charge in [0, 0.05) is 19.8 Å². The Bertz CT molecular complexity index is 567. The number of carboxylic acid groups (broad SMARTS) is 1. The SMILES string of the molecule is CCCCOCCCNS(=O)(=O)c1c(C(=O)O)n[nH]c1C. The zero-order chi connectivity index (χ0) is 15.9. The molecule has 0 aliphatic heterocycles. The molecule has 0 spiro atoms. The lowest BCUT2D eigenvalue weighted by Crippen LogP contribution is -2.27. The van der Waals surface area contributed by atoms with Crippen LogP contribution in [0.3, 0.4) is 0 Å². The molecule has 0 saturated heterocycles. The van der Waals surface area contributed by atoms with Crippen LogP contribution in [0.5, 0.6) is 0 Å². The van der Waals surface area contributed by atoms with Gasteiger partial charge in [0.25, 0.3) is 0 Å². The highest BCUT2D eigenvalue weighted by Crippen LogP contribution is 2.17. The summed E-state index contributed by atoms with van der Waals surface area (Å²) in [6.07, 6.45) is 2.54. The number of carboxylic acids is 1. The van der Waals surface area contributed by atoms with Crippen molar-refractivity contribution in [3.8, 4) is 0 Å². The highest BCUT2D eigenvalue weighted by Gasteiger charge is 2.27. The van der Waals surface area contributed by atoms with Crippen molar-refractivity contribution in [1.29, 1.82) is 0 Å². The smallest absolute Gasteiger partial charge is 0.357 e. The third-order valence-corrected chi connectivity index (χ3v) is 4.38. The van der Waals surface area contributed by atoms with E-state index in [-0.39, 0.29) is 17.1 Å². The molecule has 21 heavy (non-hydrogen) atoms. The predicted molar refractivity (Wildman–Crippen MR) is 75.8 cm³/mol. The van der Waals surface area contributed by atoms with E-state index in [9.17, 15) is 13.2 Å². The molecule has 0 atom stereocenters. The number of unbranched alkanes of at least 4 members (excludes halogenated alkanes) is 1. The van der Waals surface area contributed by atoms with E-state index in [4.69, 9.17) is 9.84 Å². The van der Waals surface area contributed by atoms with E-state index in [0.29, 0.717) is 19.6 Å². The van der Waals surface area contributed by atoms with Gasteiger partial charge in [-0.25, -0.2) is 17.9 Å². The summed E-state index contributed by atoms with van der Waals surface area (Å²) in [5.41, 5.74) is -0.307. The molecule has 0 aromatic carbocycles. The summed E-state index contributed by atoms with van der Waals surface area (Å²) in [6.45, 7) is 4.82. The molecule has 3 N–H and O–H groups in total. The number of aromatic amines is 1. The van der Waals surface area contributed by atoms with Crippen LogP contribution < -0.4 is 4.72 Å². The van der Waals surface area contributed by atoms with E-state index in [2.05, 4.69) is 21.8 Å². The fourth-order valence-corrected chi connectivity index (χ4v) is 3.09. The number of aryl methyl sites for hydroxylation is 1. The molecule has 0 saturated carbocycles. The van der Waals surface area contributed by atoms with Crippen LogP contribution in [-0.2, 0) is 14.8 Å². The molecule has 1 rings (SSSR count). The van der Waals surface area contributed by atoms with Crippen LogP contribution in [0.2, 0.25) is 0 Å². The molecule has 8 nitrogen and oxygen atoms in total. The predicted octanol–water partition coefficient (Wildman–Crippen LogP) is 0.901. The van der Waals surface area contributed by atoms with E-state index >= 15 is 0 Å². The Kier molecular flexibility index (Phi) is 6.79. The molecular formula is C12H21N3O5S. The number of hydrogen-bond acceptors (Lipinski definition) is 5. The third-order valence-electron chi connectivity index (χ3n) is 2.76. The van der Waals surface area contributed by atoms with Crippen molar-refractivity contribution >= 4 is 16.0 Å². The van der Waals surface area contributed by atoms with Gasteiger partial charge in [-0.1, -0.05) is 13.3 Å². The van der Waals surface area contributed by atoms with E-state index in [1.807, 2.05) is 0 Å². The van der Waals surface area contributed by atoms with E-state index < -0.39 is 21.7 Å². The second-order valence-corrected chi connectivity index (χ2v) is 6.25. The van der Waals surface area contributed by atoms with Crippen molar-refractivity contribution in [3.05, 3.63) is 11.4 Å². The Hall–Kier alpha value is -1.45. The monoisotopic (exact) mass is 319 g/mol. The van der Waals surface area contributed by atoms with Gasteiger partial charge in [-0.2, -0.15) is 5.10 Å². The molecule has 0 aliphatic carbocycles. The van der Waals surface area contributed by atoms with Gasteiger partial charge in [-0.3, -0.25) is 5.10 Å². The lowest BCUT2D eigenvalue weighted by atomic mass is 10.4. The highest BCUT2D eigenvalue weighted by atomic mass is 32.2.